The minimum absolute atomic E-state index is 0.170. The normalized spacial score (nSPS) is 14.9. The van der Waals surface area contributed by atoms with Crippen LogP contribution in [0.25, 0.3) is 6.08 Å². The van der Waals surface area contributed by atoms with Crippen LogP contribution >= 0.6 is 56.5 Å². The Balaban J connectivity index is 2.00. The highest BCUT2D eigenvalue weighted by molar-refractivity contribution is 14.1. The molecule has 0 spiro atoms. The molecule has 0 unspecified atom stereocenters. The standard InChI is InChI=1S/C27H24I2N2O7S/c1-6-37-26(34)22-13(2)30-27-31(23(22)15-7-8-19(35-4)20(10-15)36-5)25(33)21(39-27)11-16-9-17(28)12-18(29)24(16)38-14(3)32/h7-12,23H,6H2,1-5H3/b21-11-/t23-/m1/s1. The van der Waals surface area contributed by atoms with Gasteiger partial charge < -0.3 is 18.9 Å². The van der Waals surface area contributed by atoms with Crippen LogP contribution in [0.4, 0.5) is 0 Å². The maximum Gasteiger partial charge on any atom is 0.338 e. The summed E-state index contributed by atoms with van der Waals surface area (Å²) < 4.78 is 25.2. The van der Waals surface area contributed by atoms with E-state index in [1.54, 1.807) is 38.1 Å². The maximum absolute atomic E-state index is 14.0. The molecule has 0 radical (unpaired) electrons. The van der Waals surface area contributed by atoms with Crippen LogP contribution in [0, 0.1) is 7.14 Å². The molecule has 0 saturated heterocycles. The summed E-state index contributed by atoms with van der Waals surface area (Å²) in [6.07, 6.45) is 1.68. The Morgan fingerprint density at radius 1 is 1.13 bits per heavy atom. The third kappa shape index (κ3) is 5.91. The van der Waals surface area contributed by atoms with E-state index in [1.807, 2.05) is 12.1 Å². The Hall–Kier alpha value is -2.72. The Morgan fingerprint density at radius 2 is 1.85 bits per heavy atom. The van der Waals surface area contributed by atoms with Crippen LogP contribution < -0.4 is 29.1 Å². The van der Waals surface area contributed by atoms with Crippen LogP contribution in [-0.2, 0) is 14.3 Å². The SMILES string of the molecule is CCOC(=O)C1=C(C)N=c2s/c(=C\c3cc(I)cc(I)c3OC(C)=O)c(=O)n2[C@@H]1c1ccc(OC)c(OC)c1. The molecule has 9 nitrogen and oxygen atoms in total. The molecule has 0 aliphatic carbocycles. The summed E-state index contributed by atoms with van der Waals surface area (Å²) in [7, 11) is 3.05. The Bertz CT molecular complexity index is 1690. The van der Waals surface area contributed by atoms with E-state index >= 15 is 0 Å². The van der Waals surface area contributed by atoms with Gasteiger partial charge in [0, 0.05) is 16.1 Å². The lowest BCUT2D eigenvalue weighted by molar-refractivity contribution is -0.139. The number of esters is 2. The van der Waals surface area contributed by atoms with E-state index in [1.165, 1.54) is 37.0 Å². The summed E-state index contributed by atoms with van der Waals surface area (Å²) in [4.78, 5) is 43.9. The Labute approximate surface area is 255 Å². The first-order chi connectivity index (χ1) is 18.6. The highest BCUT2D eigenvalue weighted by Crippen LogP contribution is 2.36. The predicted octanol–water partition coefficient (Wildman–Crippen LogP) is 3.95. The number of rotatable bonds is 7. The van der Waals surface area contributed by atoms with E-state index in [2.05, 4.69) is 50.2 Å². The van der Waals surface area contributed by atoms with Crippen molar-refractivity contribution in [2.75, 3.05) is 20.8 Å². The second-order valence-corrected chi connectivity index (χ2v) is 11.7. The number of halogens is 2. The van der Waals surface area contributed by atoms with Gasteiger partial charge in [0.1, 0.15) is 0 Å². The quantitative estimate of drug-likeness (QED) is 0.204. The summed E-state index contributed by atoms with van der Waals surface area (Å²) in [5.74, 6) is 0.312. The van der Waals surface area contributed by atoms with Gasteiger partial charge in [-0.2, -0.15) is 0 Å². The van der Waals surface area contributed by atoms with Crippen molar-refractivity contribution in [3.05, 3.63) is 79.6 Å². The maximum atomic E-state index is 14.0. The Kier molecular flexibility index (Phi) is 9.16. The first kappa shape index (κ1) is 29.3. The first-order valence-electron chi connectivity index (χ1n) is 11.7. The third-order valence-corrected chi connectivity index (χ3v) is 8.22. The number of hydrogen-bond donors (Lipinski definition) is 0. The topological polar surface area (TPSA) is 105 Å². The van der Waals surface area contributed by atoms with Gasteiger partial charge in [0.15, 0.2) is 22.0 Å². The molecule has 1 aliphatic rings. The van der Waals surface area contributed by atoms with Gasteiger partial charge in [0.2, 0.25) is 0 Å². The van der Waals surface area contributed by atoms with Crippen LogP contribution in [0.15, 0.2) is 51.4 Å². The lowest BCUT2D eigenvalue weighted by Gasteiger charge is -2.25. The number of benzene rings is 2. The summed E-state index contributed by atoms with van der Waals surface area (Å²) in [6, 6.07) is 8.14. The second kappa shape index (κ2) is 12.2. The monoisotopic (exact) mass is 774 g/mol. The van der Waals surface area contributed by atoms with Gasteiger partial charge in [-0.25, -0.2) is 9.79 Å². The van der Waals surface area contributed by atoms with E-state index in [0.717, 1.165) is 7.14 Å². The molecule has 3 aromatic rings. The van der Waals surface area contributed by atoms with Gasteiger partial charge in [0.05, 0.1) is 46.2 Å². The van der Waals surface area contributed by atoms with Crippen molar-refractivity contribution < 1.29 is 28.5 Å². The number of aromatic nitrogens is 1. The van der Waals surface area contributed by atoms with Crippen molar-refractivity contribution >= 4 is 74.5 Å². The van der Waals surface area contributed by atoms with Gasteiger partial charge in [-0.05, 0) is 94.9 Å². The minimum Gasteiger partial charge on any atom is -0.493 e. The molecule has 2 aromatic carbocycles. The zero-order valence-electron chi connectivity index (χ0n) is 21.7. The van der Waals surface area contributed by atoms with E-state index in [9.17, 15) is 14.4 Å². The number of allylic oxidation sites excluding steroid dienone is 1. The molecule has 0 bridgehead atoms. The number of carbonyl (C=O) groups is 2. The van der Waals surface area contributed by atoms with Crippen molar-refractivity contribution in [1.29, 1.82) is 0 Å². The highest BCUT2D eigenvalue weighted by atomic mass is 127. The van der Waals surface area contributed by atoms with Crippen LogP contribution in [0.5, 0.6) is 17.2 Å². The molecular formula is C27H24I2N2O7S. The molecule has 39 heavy (non-hydrogen) atoms. The van der Waals surface area contributed by atoms with Crippen LogP contribution in [0.2, 0.25) is 0 Å². The molecule has 0 fully saturated rings. The molecular weight excluding hydrogens is 750 g/mol. The molecule has 0 N–H and O–H groups in total. The van der Waals surface area contributed by atoms with Gasteiger partial charge in [0.25, 0.3) is 5.56 Å². The van der Waals surface area contributed by atoms with E-state index < -0.39 is 18.0 Å². The van der Waals surface area contributed by atoms with E-state index in [4.69, 9.17) is 18.9 Å². The van der Waals surface area contributed by atoms with Crippen molar-refractivity contribution in [2.24, 2.45) is 4.99 Å². The lowest BCUT2D eigenvalue weighted by Crippen LogP contribution is -2.40. The molecule has 1 aliphatic heterocycles. The molecule has 2 heterocycles. The van der Waals surface area contributed by atoms with Crippen LogP contribution in [-0.4, -0.2) is 37.3 Å². The van der Waals surface area contributed by atoms with Gasteiger partial charge >= 0.3 is 11.9 Å². The largest absolute Gasteiger partial charge is 0.493 e. The number of carbonyl (C=O) groups excluding carboxylic acids is 2. The van der Waals surface area contributed by atoms with Crippen molar-refractivity contribution in [3.8, 4) is 17.2 Å². The third-order valence-electron chi connectivity index (χ3n) is 5.81. The average molecular weight is 774 g/mol. The molecule has 1 aromatic heterocycles. The predicted molar refractivity (Wildman–Crippen MR) is 163 cm³/mol. The summed E-state index contributed by atoms with van der Waals surface area (Å²) in [6.45, 7) is 4.94. The number of nitrogens with zero attached hydrogens (tertiary/aromatic N) is 2. The van der Waals surface area contributed by atoms with Gasteiger partial charge in [-0.15, -0.1) is 0 Å². The highest BCUT2D eigenvalue weighted by Gasteiger charge is 2.34. The van der Waals surface area contributed by atoms with Gasteiger partial charge in [-0.1, -0.05) is 17.4 Å². The number of ether oxygens (including phenoxy) is 4. The second-order valence-electron chi connectivity index (χ2n) is 8.32. The molecule has 204 valence electrons. The molecule has 1 atom stereocenters. The summed E-state index contributed by atoms with van der Waals surface area (Å²) in [5, 5.41) is 0. The number of fused-ring (bicyclic) bond motifs is 1. The van der Waals surface area contributed by atoms with Gasteiger partial charge in [-0.3, -0.25) is 14.2 Å². The zero-order chi connectivity index (χ0) is 28.4. The van der Waals surface area contributed by atoms with Crippen molar-refractivity contribution in [1.82, 2.24) is 4.57 Å². The minimum atomic E-state index is -0.814. The fourth-order valence-corrected chi connectivity index (χ4v) is 7.25. The number of thiazole rings is 1. The Morgan fingerprint density at radius 3 is 2.49 bits per heavy atom. The molecule has 4 rings (SSSR count). The summed E-state index contributed by atoms with van der Waals surface area (Å²) in [5.41, 5.74) is 1.56. The number of hydrogen-bond acceptors (Lipinski definition) is 9. The van der Waals surface area contributed by atoms with Crippen molar-refractivity contribution in [2.45, 2.75) is 26.8 Å². The van der Waals surface area contributed by atoms with Crippen LogP contribution in [0.1, 0.15) is 37.9 Å². The molecule has 0 amide bonds. The van der Waals surface area contributed by atoms with E-state index in [0.29, 0.717) is 43.4 Å². The van der Waals surface area contributed by atoms with Crippen LogP contribution in [0.3, 0.4) is 0 Å². The zero-order valence-corrected chi connectivity index (χ0v) is 26.8. The average Bonchev–Trinajstić information content (AvgIpc) is 3.18. The molecule has 0 saturated carbocycles. The lowest BCUT2D eigenvalue weighted by atomic mass is 9.95. The fourth-order valence-electron chi connectivity index (χ4n) is 4.21. The van der Waals surface area contributed by atoms with Crippen molar-refractivity contribution in [3.63, 3.8) is 0 Å². The van der Waals surface area contributed by atoms with E-state index in [-0.39, 0.29) is 17.7 Å². The molecule has 12 heteroatoms. The number of methoxy groups -OCH3 is 2. The smallest absolute Gasteiger partial charge is 0.338 e. The first-order valence-corrected chi connectivity index (χ1v) is 14.7. The summed E-state index contributed by atoms with van der Waals surface area (Å²) >= 11 is 5.45. The fraction of sp³-hybridized carbons (Fsp3) is 0.259.